The molecule has 0 spiro atoms. The summed E-state index contributed by atoms with van der Waals surface area (Å²) < 4.78 is 48.8. The molecule has 0 saturated heterocycles. The molecule has 1 aromatic rings. The van der Waals surface area contributed by atoms with Gasteiger partial charge < -0.3 is 5.73 Å². The van der Waals surface area contributed by atoms with Gasteiger partial charge in [-0.05, 0) is 30.7 Å². The van der Waals surface area contributed by atoms with Crippen LogP contribution in [0, 0.1) is 0 Å². The van der Waals surface area contributed by atoms with Crippen LogP contribution in [0.25, 0.3) is 0 Å². The number of benzene rings is 1. The fraction of sp³-hybridized carbons (Fsp3) is 0.455. The van der Waals surface area contributed by atoms with E-state index in [1.807, 2.05) is 0 Å². The average molecular weight is 306 g/mol. The maximum atomic E-state index is 11.9. The third-order valence-electron chi connectivity index (χ3n) is 2.70. The van der Waals surface area contributed by atoms with Gasteiger partial charge in [0.05, 0.1) is 10.1 Å². The van der Waals surface area contributed by atoms with E-state index in [1.54, 1.807) is 6.92 Å². The van der Waals surface area contributed by atoms with Crippen molar-refractivity contribution in [2.45, 2.75) is 23.5 Å². The van der Waals surface area contributed by atoms with E-state index in [1.165, 1.54) is 24.3 Å². The van der Waals surface area contributed by atoms with Crippen molar-refractivity contribution in [2.24, 2.45) is 5.73 Å². The standard InChI is InChI=1S/C11H18N2O4S2/c1-3-10(8-12)19(16,17)13-9-4-6-11(7-5-9)18(2,14)15/h4-7,10,13H,3,8,12H2,1-2H3. The SMILES string of the molecule is CCC(CN)S(=O)(=O)Nc1ccc(S(C)(=O)=O)cc1. The number of nitrogens with two attached hydrogens (primary N) is 1. The minimum absolute atomic E-state index is 0.0350. The molecular weight excluding hydrogens is 288 g/mol. The first kappa shape index (κ1) is 15.9. The quantitative estimate of drug-likeness (QED) is 0.799. The van der Waals surface area contributed by atoms with Crippen LogP contribution in [0.1, 0.15) is 13.3 Å². The lowest BCUT2D eigenvalue weighted by Gasteiger charge is -2.15. The minimum atomic E-state index is -3.55. The number of rotatable bonds is 6. The highest BCUT2D eigenvalue weighted by molar-refractivity contribution is 7.93. The number of sulfonamides is 1. The number of hydrogen-bond acceptors (Lipinski definition) is 5. The zero-order chi connectivity index (χ0) is 14.7. The minimum Gasteiger partial charge on any atom is -0.329 e. The van der Waals surface area contributed by atoms with Crippen molar-refractivity contribution in [2.75, 3.05) is 17.5 Å². The Balaban J connectivity index is 2.96. The van der Waals surface area contributed by atoms with Crippen LogP contribution < -0.4 is 10.5 Å². The van der Waals surface area contributed by atoms with Crippen LogP contribution in [0.5, 0.6) is 0 Å². The van der Waals surface area contributed by atoms with Gasteiger partial charge in [-0.2, -0.15) is 0 Å². The van der Waals surface area contributed by atoms with Crippen molar-refractivity contribution in [1.29, 1.82) is 0 Å². The van der Waals surface area contributed by atoms with Crippen LogP contribution in [0.15, 0.2) is 29.2 Å². The Bertz CT molecular complexity index is 617. The molecule has 0 amide bonds. The van der Waals surface area contributed by atoms with Gasteiger partial charge in [0.2, 0.25) is 10.0 Å². The highest BCUT2D eigenvalue weighted by atomic mass is 32.2. The molecule has 0 aliphatic heterocycles. The average Bonchev–Trinajstić information content (AvgIpc) is 2.29. The van der Waals surface area contributed by atoms with E-state index in [4.69, 9.17) is 5.73 Å². The maximum Gasteiger partial charge on any atom is 0.236 e. The molecule has 0 saturated carbocycles. The highest BCUT2D eigenvalue weighted by Crippen LogP contribution is 2.17. The summed E-state index contributed by atoms with van der Waals surface area (Å²) in [6.07, 6.45) is 1.50. The summed E-state index contributed by atoms with van der Waals surface area (Å²) in [6.45, 7) is 1.77. The van der Waals surface area contributed by atoms with Gasteiger partial charge in [-0.3, -0.25) is 4.72 Å². The van der Waals surface area contributed by atoms with Gasteiger partial charge in [0.1, 0.15) is 0 Å². The molecule has 8 heteroatoms. The molecule has 1 rings (SSSR count). The zero-order valence-corrected chi connectivity index (χ0v) is 12.5. The maximum absolute atomic E-state index is 11.9. The van der Waals surface area contributed by atoms with Gasteiger partial charge in [0, 0.05) is 18.5 Å². The Morgan fingerprint density at radius 1 is 1.16 bits per heavy atom. The van der Waals surface area contributed by atoms with Crippen LogP contribution in [0.4, 0.5) is 5.69 Å². The van der Waals surface area contributed by atoms with Crippen molar-refractivity contribution < 1.29 is 16.8 Å². The summed E-state index contributed by atoms with van der Waals surface area (Å²) in [5.74, 6) is 0. The van der Waals surface area contributed by atoms with E-state index < -0.39 is 25.1 Å². The van der Waals surface area contributed by atoms with Gasteiger partial charge in [-0.1, -0.05) is 6.92 Å². The first-order valence-corrected chi connectivity index (χ1v) is 9.16. The monoisotopic (exact) mass is 306 g/mol. The largest absolute Gasteiger partial charge is 0.329 e. The van der Waals surface area contributed by atoms with Crippen LogP contribution in [-0.4, -0.2) is 34.9 Å². The summed E-state index contributed by atoms with van der Waals surface area (Å²) in [5, 5.41) is -0.665. The smallest absolute Gasteiger partial charge is 0.236 e. The Morgan fingerprint density at radius 2 is 1.68 bits per heavy atom. The van der Waals surface area contributed by atoms with Crippen molar-refractivity contribution in [3.8, 4) is 0 Å². The molecule has 19 heavy (non-hydrogen) atoms. The third kappa shape index (κ3) is 4.19. The molecule has 0 fully saturated rings. The predicted octanol–water partition coefficient (Wildman–Crippen LogP) is 0.569. The zero-order valence-electron chi connectivity index (χ0n) is 10.8. The summed E-state index contributed by atoms with van der Waals surface area (Å²) >= 11 is 0. The fourth-order valence-corrected chi connectivity index (χ4v) is 3.48. The second kappa shape index (κ2) is 5.89. The molecule has 0 bridgehead atoms. The number of sulfone groups is 1. The molecule has 0 aliphatic rings. The first-order valence-electron chi connectivity index (χ1n) is 5.72. The van der Waals surface area contributed by atoms with E-state index in [0.717, 1.165) is 6.26 Å². The van der Waals surface area contributed by atoms with E-state index in [9.17, 15) is 16.8 Å². The van der Waals surface area contributed by atoms with Crippen LogP contribution in [-0.2, 0) is 19.9 Å². The van der Waals surface area contributed by atoms with Crippen LogP contribution in [0.3, 0.4) is 0 Å². The topological polar surface area (TPSA) is 106 Å². The normalized spacial score (nSPS) is 14.1. The molecule has 0 aliphatic carbocycles. The fourth-order valence-electron chi connectivity index (χ4n) is 1.53. The second-order valence-electron chi connectivity index (χ2n) is 4.21. The molecule has 6 nitrogen and oxygen atoms in total. The van der Waals surface area contributed by atoms with Crippen molar-refractivity contribution >= 4 is 25.5 Å². The van der Waals surface area contributed by atoms with Crippen molar-refractivity contribution in [3.63, 3.8) is 0 Å². The van der Waals surface area contributed by atoms with Gasteiger partial charge in [-0.15, -0.1) is 0 Å². The third-order valence-corrected chi connectivity index (χ3v) is 5.75. The number of anilines is 1. The van der Waals surface area contributed by atoms with Crippen LogP contribution in [0.2, 0.25) is 0 Å². The number of hydrogen-bond donors (Lipinski definition) is 2. The van der Waals surface area contributed by atoms with E-state index in [-0.39, 0.29) is 11.4 Å². The molecule has 108 valence electrons. The lowest BCUT2D eigenvalue weighted by Crippen LogP contribution is -2.33. The number of nitrogens with one attached hydrogen (secondary N) is 1. The van der Waals surface area contributed by atoms with Gasteiger partial charge >= 0.3 is 0 Å². The Kier molecular flexibility index (Phi) is 4.94. The lowest BCUT2D eigenvalue weighted by atomic mass is 10.3. The molecular formula is C11H18N2O4S2. The molecule has 0 heterocycles. The van der Waals surface area contributed by atoms with Crippen molar-refractivity contribution in [1.82, 2.24) is 0 Å². The first-order chi connectivity index (χ1) is 8.70. The van der Waals surface area contributed by atoms with Crippen LogP contribution >= 0.6 is 0 Å². The Labute approximate surface area is 114 Å². The van der Waals surface area contributed by atoms with Crippen molar-refractivity contribution in [3.05, 3.63) is 24.3 Å². The molecule has 0 aromatic heterocycles. The van der Waals surface area contributed by atoms with E-state index in [0.29, 0.717) is 12.1 Å². The summed E-state index contributed by atoms with van der Waals surface area (Å²) in [5.41, 5.74) is 5.72. The summed E-state index contributed by atoms with van der Waals surface area (Å²) in [4.78, 5) is 0.140. The van der Waals surface area contributed by atoms with Gasteiger partial charge in [0.15, 0.2) is 9.84 Å². The van der Waals surface area contributed by atoms with E-state index >= 15 is 0 Å². The molecule has 0 radical (unpaired) electrons. The lowest BCUT2D eigenvalue weighted by molar-refractivity contribution is 0.581. The summed E-state index contributed by atoms with van der Waals surface area (Å²) in [6, 6.07) is 5.54. The van der Waals surface area contributed by atoms with Gasteiger partial charge in [0.25, 0.3) is 0 Å². The molecule has 1 aromatic carbocycles. The van der Waals surface area contributed by atoms with Gasteiger partial charge in [-0.25, -0.2) is 16.8 Å². The summed E-state index contributed by atoms with van der Waals surface area (Å²) in [7, 11) is -6.83. The highest BCUT2D eigenvalue weighted by Gasteiger charge is 2.22. The molecule has 1 unspecified atom stereocenters. The Morgan fingerprint density at radius 3 is 2.05 bits per heavy atom. The molecule has 1 atom stereocenters. The van der Waals surface area contributed by atoms with E-state index in [2.05, 4.69) is 4.72 Å². The molecule has 3 N–H and O–H groups in total. The predicted molar refractivity (Wildman–Crippen MR) is 75.2 cm³/mol. The second-order valence-corrected chi connectivity index (χ2v) is 8.19. The Hall–Kier alpha value is -1.12.